The Kier molecular flexibility index (Phi) is 9.02. The zero-order valence-corrected chi connectivity index (χ0v) is 15.4. The zero-order valence-electron chi connectivity index (χ0n) is 13.8. The Bertz CT molecular complexity index is 504. The van der Waals surface area contributed by atoms with E-state index in [1.54, 1.807) is 0 Å². The predicted molar refractivity (Wildman–Crippen MR) is 99.7 cm³/mol. The molecule has 3 rings (SSSR count). The molecule has 2 N–H and O–H groups in total. The molecule has 0 radical (unpaired) electrons. The highest BCUT2D eigenvalue weighted by molar-refractivity contribution is 5.85. The molecule has 136 valence electrons. The van der Waals surface area contributed by atoms with Crippen molar-refractivity contribution < 1.29 is 9.53 Å². The fraction of sp³-hybridized carbons (Fsp3) is 0.588. The standard InChI is InChI=1S/C17H25N3O2.2ClH/c18-11-15-7-4-8-20(15)17(21)16-13-19(9-10-22-16)12-14-5-2-1-3-6-14;;/h1-3,5-6,15-16H,4,7-13,18H2;2*1H. The topological polar surface area (TPSA) is 58.8 Å². The van der Waals surface area contributed by atoms with E-state index in [9.17, 15) is 4.79 Å². The number of carbonyl (C=O) groups excluding carboxylic acids is 1. The molecule has 2 aliphatic heterocycles. The van der Waals surface area contributed by atoms with Crippen molar-refractivity contribution >= 4 is 30.7 Å². The van der Waals surface area contributed by atoms with Gasteiger partial charge in [-0.25, -0.2) is 0 Å². The third kappa shape index (κ3) is 5.07. The van der Waals surface area contributed by atoms with Crippen molar-refractivity contribution in [2.45, 2.75) is 31.5 Å². The largest absolute Gasteiger partial charge is 0.366 e. The smallest absolute Gasteiger partial charge is 0.253 e. The number of hydrogen-bond acceptors (Lipinski definition) is 4. The van der Waals surface area contributed by atoms with Gasteiger partial charge >= 0.3 is 0 Å². The first-order valence-electron chi connectivity index (χ1n) is 8.16. The molecule has 0 spiro atoms. The lowest BCUT2D eigenvalue weighted by Gasteiger charge is -2.35. The van der Waals surface area contributed by atoms with Gasteiger partial charge in [0, 0.05) is 38.8 Å². The molecule has 0 aromatic heterocycles. The SMILES string of the molecule is Cl.Cl.NCC1CCCN1C(=O)C1CN(Cc2ccccc2)CCO1. The van der Waals surface area contributed by atoms with Crippen LogP contribution in [0.5, 0.6) is 0 Å². The van der Waals surface area contributed by atoms with Crippen molar-refractivity contribution in [3.8, 4) is 0 Å². The van der Waals surface area contributed by atoms with Gasteiger partial charge in [0.2, 0.25) is 0 Å². The summed E-state index contributed by atoms with van der Waals surface area (Å²) in [7, 11) is 0. The predicted octanol–water partition coefficient (Wildman–Crippen LogP) is 1.68. The molecule has 2 fully saturated rings. The number of halogens is 2. The monoisotopic (exact) mass is 375 g/mol. The summed E-state index contributed by atoms with van der Waals surface area (Å²) < 4.78 is 5.74. The normalized spacial score (nSPS) is 24.1. The van der Waals surface area contributed by atoms with E-state index in [1.165, 1.54) is 5.56 Å². The lowest BCUT2D eigenvalue weighted by Crippen LogP contribution is -2.52. The molecular formula is C17H27Cl2N3O2. The van der Waals surface area contributed by atoms with Crippen LogP contribution in [0.2, 0.25) is 0 Å². The van der Waals surface area contributed by atoms with Gasteiger partial charge in [0.1, 0.15) is 6.10 Å². The maximum absolute atomic E-state index is 12.7. The first kappa shape index (κ1) is 21.2. The van der Waals surface area contributed by atoms with Crippen molar-refractivity contribution in [2.75, 3.05) is 32.8 Å². The van der Waals surface area contributed by atoms with Gasteiger partial charge in [0.25, 0.3) is 5.91 Å². The van der Waals surface area contributed by atoms with Crippen LogP contribution in [0, 0.1) is 0 Å². The van der Waals surface area contributed by atoms with Crippen LogP contribution in [0.3, 0.4) is 0 Å². The Hall–Kier alpha value is -0.850. The number of likely N-dealkylation sites (tertiary alicyclic amines) is 1. The van der Waals surface area contributed by atoms with Gasteiger partial charge in [-0.3, -0.25) is 9.69 Å². The molecule has 1 aromatic rings. The molecule has 7 heteroatoms. The summed E-state index contributed by atoms with van der Waals surface area (Å²) in [6, 6.07) is 10.6. The van der Waals surface area contributed by atoms with Gasteiger partial charge in [0.05, 0.1) is 6.61 Å². The van der Waals surface area contributed by atoms with Crippen LogP contribution in [0.15, 0.2) is 30.3 Å². The Labute approximate surface area is 156 Å². The average molecular weight is 376 g/mol. The number of nitrogens with two attached hydrogens (primary N) is 1. The van der Waals surface area contributed by atoms with Crippen molar-refractivity contribution in [1.29, 1.82) is 0 Å². The van der Waals surface area contributed by atoms with E-state index in [2.05, 4.69) is 29.2 Å². The Morgan fingerprint density at radius 1 is 1.21 bits per heavy atom. The molecule has 2 unspecified atom stereocenters. The highest BCUT2D eigenvalue weighted by Gasteiger charge is 2.35. The third-order valence-electron chi connectivity index (χ3n) is 4.61. The van der Waals surface area contributed by atoms with Gasteiger partial charge < -0.3 is 15.4 Å². The minimum Gasteiger partial charge on any atom is -0.366 e. The highest BCUT2D eigenvalue weighted by Crippen LogP contribution is 2.20. The zero-order chi connectivity index (χ0) is 15.4. The number of ether oxygens (including phenoxy) is 1. The summed E-state index contributed by atoms with van der Waals surface area (Å²) >= 11 is 0. The fourth-order valence-corrected chi connectivity index (χ4v) is 3.39. The molecule has 0 saturated carbocycles. The molecule has 2 aliphatic rings. The van der Waals surface area contributed by atoms with Gasteiger partial charge in [-0.05, 0) is 18.4 Å². The van der Waals surface area contributed by atoms with E-state index in [4.69, 9.17) is 10.5 Å². The number of carbonyl (C=O) groups is 1. The number of morpholine rings is 1. The fourth-order valence-electron chi connectivity index (χ4n) is 3.39. The van der Waals surface area contributed by atoms with E-state index < -0.39 is 0 Å². The molecule has 1 aromatic carbocycles. The maximum Gasteiger partial charge on any atom is 0.253 e. The summed E-state index contributed by atoms with van der Waals surface area (Å²) in [6.07, 6.45) is 1.72. The average Bonchev–Trinajstić information content (AvgIpc) is 3.04. The molecule has 0 bridgehead atoms. The summed E-state index contributed by atoms with van der Waals surface area (Å²) in [6.45, 7) is 4.39. The van der Waals surface area contributed by atoms with E-state index in [0.717, 1.165) is 32.5 Å². The molecule has 2 atom stereocenters. The van der Waals surface area contributed by atoms with Gasteiger partial charge in [-0.15, -0.1) is 24.8 Å². The van der Waals surface area contributed by atoms with Gasteiger partial charge in [0.15, 0.2) is 0 Å². The maximum atomic E-state index is 12.7. The molecule has 0 aliphatic carbocycles. The minimum atomic E-state index is -0.343. The first-order valence-corrected chi connectivity index (χ1v) is 8.16. The van der Waals surface area contributed by atoms with Crippen molar-refractivity contribution in [2.24, 2.45) is 5.73 Å². The molecule has 2 heterocycles. The highest BCUT2D eigenvalue weighted by atomic mass is 35.5. The Morgan fingerprint density at radius 3 is 2.67 bits per heavy atom. The molecular weight excluding hydrogens is 349 g/mol. The second-order valence-corrected chi connectivity index (χ2v) is 6.14. The van der Waals surface area contributed by atoms with E-state index in [-0.39, 0.29) is 42.9 Å². The summed E-state index contributed by atoms with van der Waals surface area (Å²) in [4.78, 5) is 16.9. The number of hydrogen-bond donors (Lipinski definition) is 1. The number of benzene rings is 1. The Morgan fingerprint density at radius 2 is 1.96 bits per heavy atom. The quantitative estimate of drug-likeness (QED) is 0.869. The molecule has 5 nitrogen and oxygen atoms in total. The van der Waals surface area contributed by atoms with Crippen molar-refractivity contribution in [3.63, 3.8) is 0 Å². The van der Waals surface area contributed by atoms with Crippen LogP contribution in [0.4, 0.5) is 0 Å². The van der Waals surface area contributed by atoms with E-state index in [1.807, 2.05) is 11.0 Å². The van der Waals surface area contributed by atoms with Crippen LogP contribution in [0.1, 0.15) is 18.4 Å². The van der Waals surface area contributed by atoms with E-state index in [0.29, 0.717) is 19.7 Å². The summed E-state index contributed by atoms with van der Waals surface area (Å²) in [5.41, 5.74) is 7.05. The minimum absolute atomic E-state index is 0. The lowest BCUT2D eigenvalue weighted by atomic mass is 10.1. The second-order valence-electron chi connectivity index (χ2n) is 6.14. The first-order chi connectivity index (χ1) is 10.8. The van der Waals surface area contributed by atoms with E-state index >= 15 is 0 Å². The van der Waals surface area contributed by atoms with Crippen LogP contribution >= 0.6 is 24.8 Å². The number of nitrogens with zero attached hydrogens (tertiary/aromatic N) is 2. The molecule has 24 heavy (non-hydrogen) atoms. The molecule has 2 saturated heterocycles. The second kappa shape index (κ2) is 10.2. The number of amides is 1. The number of rotatable bonds is 4. The summed E-state index contributed by atoms with van der Waals surface area (Å²) in [5, 5.41) is 0. The Balaban J connectivity index is 0.00000144. The van der Waals surface area contributed by atoms with Crippen molar-refractivity contribution in [1.82, 2.24) is 9.80 Å². The lowest BCUT2D eigenvalue weighted by molar-refractivity contribution is -0.150. The van der Waals surface area contributed by atoms with Crippen molar-refractivity contribution in [3.05, 3.63) is 35.9 Å². The summed E-state index contributed by atoms with van der Waals surface area (Å²) in [5.74, 6) is 0.116. The van der Waals surface area contributed by atoms with Gasteiger partial charge in [-0.1, -0.05) is 30.3 Å². The van der Waals surface area contributed by atoms with Crippen LogP contribution in [-0.2, 0) is 16.1 Å². The van der Waals surface area contributed by atoms with Crippen LogP contribution in [0.25, 0.3) is 0 Å². The van der Waals surface area contributed by atoms with Gasteiger partial charge in [-0.2, -0.15) is 0 Å². The third-order valence-corrected chi connectivity index (χ3v) is 4.61. The van der Waals surface area contributed by atoms with Crippen LogP contribution < -0.4 is 5.73 Å². The van der Waals surface area contributed by atoms with Crippen LogP contribution in [-0.4, -0.2) is 60.6 Å². The molecule has 1 amide bonds.